The average Bonchev–Trinajstić information content (AvgIpc) is 3.08. The molecule has 4 aromatic carbocycles. The monoisotopic (exact) mass is 596 g/mol. The van der Waals surface area contributed by atoms with Crippen LogP contribution < -0.4 is 14.5 Å². The number of para-hydroxylation sites is 2. The second-order valence-electron chi connectivity index (χ2n) is 11.0. The number of aliphatic hydroxyl groups is 1. The van der Waals surface area contributed by atoms with Crippen molar-refractivity contribution in [2.24, 2.45) is 0 Å². The van der Waals surface area contributed by atoms with E-state index >= 15 is 0 Å². The van der Waals surface area contributed by atoms with Crippen LogP contribution in [0.5, 0.6) is 5.75 Å². The molecule has 0 amide bonds. The number of hydrogen-bond acceptors (Lipinski definition) is 7. The van der Waals surface area contributed by atoms with Crippen molar-refractivity contribution in [2.45, 2.75) is 18.4 Å². The molecule has 7 heteroatoms. The van der Waals surface area contributed by atoms with Crippen molar-refractivity contribution in [3.63, 3.8) is 0 Å². The molecule has 0 saturated carbocycles. The van der Waals surface area contributed by atoms with Crippen LogP contribution in [0.25, 0.3) is 0 Å². The lowest BCUT2D eigenvalue weighted by Crippen LogP contribution is -2.38. The highest BCUT2D eigenvalue weighted by Gasteiger charge is 2.44. The highest BCUT2D eigenvalue weighted by molar-refractivity contribution is 5.79. The number of nitrogens with zero attached hydrogens (tertiary/aromatic N) is 2. The molecule has 1 aliphatic heterocycles. The van der Waals surface area contributed by atoms with Crippen LogP contribution >= 0.6 is 0 Å². The Morgan fingerprint density at radius 1 is 0.727 bits per heavy atom. The van der Waals surface area contributed by atoms with E-state index in [1.54, 1.807) is 7.11 Å². The number of methoxy groups -OCH3 is 1. The molecule has 232 valence electrons. The minimum absolute atomic E-state index is 0.213. The third-order valence-corrected chi connectivity index (χ3v) is 8.30. The molecule has 5 rings (SSSR count). The number of fused-ring (bicyclic) bond motifs is 2. The molecule has 0 atom stereocenters. The van der Waals surface area contributed by atoms with Gasteiger partial charge in [0, 0.05) is 62.5 Å². The lowest BCUT2D eigenvalue weighted by Gasteiger charge is -2.43. The van der Waals surface area contributed by atoms with Gasteiger partial charge in [-0.25, -0.2) is 0 Å². The molecule has 0 spiro atoms. The molecule has 0 aliphatic carbocycles. The van der Waals surface area contributed by atoms with Crippen LogP contribution in [0.2, 0.25) is 0 Å². The van der Waals surface area contributed by atoms with Crippen LogP contribution in [-0.2, 0) is 26.2 Å². The largest absolute Gasteiger partial charge is 0.491 e. The molecule has 44 heavy (non-hydrogen) atoms. The standard InChI is InChI=1S/C37H44N2O5/c1-38(22-24-42-25-26-43-27-28-44-32-20-14-29(15-21-32)9-8-23-40)31-18-16-30(17-19-31)37(41-3)33-10-4-6-12-35(33)39(2)36-13-7-5-11-34(36)37/h4-7,10-21,40H,8-9,22-28H2,1-3H3. The minimum atomic E-state index is -0.698. The maximum absolute atomic E-state index is 8.95. The summed E-state index contributed by atoms with van der Waals surface area (Å²) in [6.07, 6.45) is 1.65. The summed E-state index contributed by atoms with van der Waals surface area (Å²) in [5, 5.41) is 8.95. The van der Waals surface area contributed by atoms with Gasteiger partial charge < -0.3 is 33.9 Å². The molecule has 1 heterocycles. The topological polar surface area (TPSA) is 63.6 Å². The van der Waals surface area contributed by atoms with Gasteiger partial charge in [0.25, 0.3) is 0 Å². The number of ether oxygens (including phenoxy) is 4. The maximum atomic E-state index is 8.95. The van der Waals surface area contributed by atoms with Gasteiger partial charge in [0.1, 0.15) is 18.0 Å². The number of aryl methyl sites for hydroxylation is 1. The van der Waals surface area contributed by atoms with E-state index in [0.717, 1.165) is 58.9 Å². The molecule has 0 fully saturated rings. The van der Waals surface area contributed by atoms with Gasteiger partial charge in [-0.3, -0.25) is 0 Å². The Balaban J connectivity index is 1.08. The summed E-state index contributed by atoms with van der Waals surface area (Å²) in [4.78, 5) is 4.44. The van der Waals surface area contributed by atoms with Crippen molar-refractivity contribution >= 4 is 17.1 Å². The Labute approximate surface area is 261 Å². The number of likely N-dealkylation sites (N-methyl/N-ethyl adjacent to an activating group) is 1. The normalized spacial score (nSPS) is 13.3. The smallest absolute Gasteiger partial charge is 0.147 e. The quantitative estimate of drug-likeness (QED) is 0.155. The molecule has 0 unspecified atom stereocenters. The first kappa shape index (κ1) is 31.5. The minimum Gasteiger partial charge on any atom is -0.491 e. The zero-order chi connectivity index (χ0) is 30.8. The molecule has 4 aromatic rings. The van der Waals surface area contributed by atoms with E-state index in [4.69, 9.17) is 24.1 Å². The second-order valence-corrected chi connectivity index (χ2v) is 11.0. The average molecular weight is 597 g/mol. The maximum Gasteiger partial charge on any atom is 0.147 e. The summed E-state index contributed by atoms with van der Waals surface area (Å²) in [5.74, 6) is 0.826. The highest BCUT2D eigenvalue weighted by atomic mass is 16.5. The molecule has 1 aliphatic rings. The summed E-state index contributed by atoms with van der Waals surface area (Å²) in [5.41, 5.74) is 7.27. The summed E-state index contributed by atoms with van der Waals surface area (Å²) in [6, 6.07) is 33.6. The van der Waals surface area contributed by atoms with Gasteiger partial charge in [-0.1, -0.05) is 60.7 Å². The molecule has 7 nitrogen and oxygen atoms in total. The van der Waals surface area contributed by atoms with Crippen molar-refractivity contribution in [2.75, 3.05) is 77.2 Å². The van der Waals surface area contributed by atoms with Crippen LogP contribution in [0, 0.1) is 0 Å². The van der Waals surface area contributed by atoms with Gasteiger partial charge in [-0.2, -0.15) is 0 Å². The zero-order valence-corrected chi connectivity index (χ0v) is 26.1. The van der Waals surface area contributed by atoms with Crippen LogP contribution in [0.1, 0.15) is 28.7 Å². The van der Waals surface area contributed by atoms with E-state index in [1.807, 2.05) is 24.3 Å². The third kappa shape index (κ3) is 6.92. The fraction of sp³-hybridized carbons (Fsp3) is 0.351. The van der Waals surface area contributed by atoms with Gasteiger partial charge in [0.05, 0.1) is 26.4 Å². The van der Waals surface area contributed by atoms with E-state index < -0.39 is 5.60 Å². The first-order chi connectivity index (χ1) is 21.6. The van der Waals surface area contributed by atoms with Gasteiger partial charge >= 0.3 is 0 Å². The van der Waals surface area contributed by atoms with E-state index in [9.17, 15) is 0 Å². The molecule has 0 aromatic heterocycles. The van der Waals surface area contributed by atoms with Crippen LogP contribution in [0.4, 0.5) is 17.1 Å². The summed E-state index contributed by atoms with van der Waals surface area (Å²) < 4.78 is 23.7. The van der Waals surface area contributed by atoms with Gasteiger partial charge in [0.15, 0.2) is 0 Å². The Morgan fingerprint density at radius 2 is 1.32 bits per heavy atom. The number of rotatable bonds is 16. The Kier molecular flexibility index (Phi) is 10.9. The van der Waals surface area contributed by atoms with Crippen molar-refractivity contribution in [3.8, 4) is 5.75 Å². The predicted octanol–water partition coefficient (Wildman–Crippen LogP) is 6.18. The lowest BCUT2D eigenvalue weighted by atomic mass is 9.76. The van der Waals surface area contributed by atoms with Crippen molar-refractivity contribution in [3.05, 3.63) is 119 Å². The van der Waals surface area contributed by atoms with Crippen LogP contribution in [-0.4, -0.2) is 72.5 Å². The lowest BCUT2D eigenvalue weighted by molar-refractivity contribution is 0.0386. The van der Waals surface area contributed by atoms with Crippen molar-refractivity contribution < 1.29 is 24.1 Å². The molecule has 0 bridgehead atoms. The second kappa shape index (κ2) is 15.2. The summed E-state index contributed by atoms with van der Waals surface area (Å²) >= 11 is 0. The molecule has 0 saturated heterocycles. The van der Waals surface area contributed by atoms with E-state index in [0.29, 0.717) is 33.0 Å². The number of hydrogen-bond donors (Lipinski definition) is 1. The molecule has 1 N–H and O–H groups in total. The fourth-order valence-corrected chi connectivity index (χ4v) is 5.91. The Morgan fingerprint density at radius 3 is 1.93 bits per heavy atom. The molecular weight excluding hydrogens is 552 g/mol. The van der Waals surface area contributed by atoms with Gasteiger partial charge in [-0.05, 0) is 60.4 Å². The van der Waals surface area contributed by atoms with Gasteiger partial charge in [-0.15, -0.1) is 0 Å². The third-order valence-electron chi connectivity index (χ3n) is 8.30. The van der Waals surface area contributed by atoms with Gasteiger partial charge in [0.2, 0.25) is 0 Å². The van der Waals surface area contributed by atoms with E-state index in [2.05, 4.69) is 96.7 Å². The number of anilines is 3. The predicted molar refractivity (Wildman–Crippen MR) is 177 cm³/mol. The first-order valence-corrected chi connectivity index (χ1v) is 15.4. The van der Waals surface area contributed by atoms with Crippen molar-refractivity contribution in [1.29, 1.82) is 0 Å². The van der Waals surface area contributed by atoms with E-state index in [-0.39, 0.29) is 6.61 Å². The Hall–Kier alpha value is -3.88. The number of aliphatic hydroxyl groups excluding tert-OH is 1. The van der Waals surface area contributed by atoms with E-state index in [1.165, 1.54) is 5.56 Å². The van der Waals surface area contributed by atoms with Crippen LogP contribution in [0.3, 0.4) is 0 Å². The zero-order valence-electron chi connectivity index (χ0n) is 26.1. The van der Waals surface area contributed by atoms with Crippen LogP contribution in [0.15, 0.2) is 97.1 Å². The highest BCUT2D eigenvalue weighted by Crippen LogP contribution is 2.52. The SMILES string of the molecule is COC1(c2ccc(N(C)CCOCCOCCOc3ccc(CCCO)cc3)cc2)c2ccccc2N(C)c2ccccc21. The molecular formula is C37H44N2O5. The molecule has 0 radical (unpaired) electrons. The summed E-state index contributed by atoms with van der Waals surface area (Å²) in [7, 11) is 5.99. The first-order valence-electron chi connectivity index (χ1n) is 15.4. The fourth-order valence-electron chi connectivity index (χ4n) is 5.91. The Bertz CT molecular complexity index is 1410. The number of benzene rings is 4. The van der Waals surface area contributed by atoms with Crippen molar-refractivity contribution in [1.82, 2.24) is 0 Å². The summed E-state index contributed by atoms with van der Waals surface area (Å²) in [6.45, 7) is 3.65.